The average Bonchev–Trinajstić information content (AvgIpc) is 3.87. The van der Waals surface area contributed by atoms with E-state index in [0.29, 0.717) is 49.3 Å². The Morgan fingerprint density at radius 2 is 1.29 bits per heavy atom. The minimum atomic E-state index is -4.52. The molecular weight excluding hydrogens is 748 g/mol. The third-order valence-corrected chi connectivity index (χ3v) is 7.96. The number of tetrazole rings is 2. The van der Waals surface area contributed by atoms with E-state index in [9.17, 15) is 35.9 Å². The van der Waals surface area contributed by atoms with Gasteiger partial charge in [0.2, 0.25) is 5.89 Å². The van der Waals surface area contributed by atoms with Crippen molar-refractivity contribution in [1.29, 1.82) is 0 Å². The Kier molecular flexibility index (Phi) is 12.3. The lowest BCUT2D eigenvalue weighted by Crippen LogP contribution is -2.40. The lowest BCUT2D eigenvalue weighted by molar-refractivity contribution is -0.140. The second-order valence-corrected chi connectivity index (χ2v) is 12.2. The minimum Gasteiger partial charge on any atom is -0.483 e. The molecule has 4 heterocycles. The van der Waals surface area contributed by atoms with Crippen molar-refractivity contribution in [2.75, 3.05) is 26.3 Å². The number of nitrogens with zero attached hydrogens (tertiary/aromatic N) is 11. The molecule has 5 aromatic rings. The van der Waals surface area contributed by atoms with Crippen molar-refractivity contribution in [3.63, 3.8) is 0 Å². The van der Waals surface area contributed by atoms with Crippen LogP contribution < -0.4 is 9.47 Å². The van der Waals surface area contributed by atoms with Gasteiger partial charge in [0.05, 0.1) is 24.2 Å². The number of halogens is 6. The number of hydrogen-bond donors (Lipinski definition) is 1. The molecule has 23 heteroatoms. The first-order chi connectivity index (χ1) is 25.9. The number of aromatic nitrogens is 10. The van der Waals surface area contributed by atoms with E-state index in [2.05, 4.69) is 41.0 Å². The number of carbonyl (C=O) groups excluding carboxylic acids is 1. The molecule has 0 aliphatic carbocycles. The van der Waals surface area contributed by atoms with Crippen molar-refractivity contribution in [2.24, 2.45) is 0 Å². The van der Waals surface area contributed by atoms with Crippen molar-refractivity contribution in [3.05, 3.63) is 82.0 Å². The Morgan fingerprint density at radius 1 is 0.800 bits per heavy atom. The molecule has 1 aliphatic rings. The van der Waals surface area contributed by atoms with Crippen molar-refractivity contribution in [2.45, 2.75) is 65.0 Å². The van der Waals surface area contributed by atoms with Crippen LogP contribution in [0, 0.1) is 20.8 Å². The highest BCUT2D eigenvalue weighted by atomic mass is 19.4. The molecule has 1 aliphatic heterocycles. The number of alkyl halides is 6. The average molecular weight is 782 g/mol. The molecule has 0 unspecified atom stereocenters. The highest BCUT2D eigenvalue weighted by Gasteiger charge is 2.33. The molecule has 1 fully saturated rings. The quantitative estimate of drug-likeness (QED) is 0.188. The number of aryl methyl sites for hydroxylation is 3. The number of rotatable bonds is 11. The van der Waals surface area contributed by atoms with Crippen LogP contribution in [0.2, 0.25) is 0 Å². The molecule has 1 N–H and O–H groups in total. The second kappa shape index (κ2) is 16.9. The minimum absolute atomic E-state index is 0.0188. The summed E-state index contributed by atoms with van der Waals surface area (Å²) >= 11 is 0. The Bertz CT molecular complexity index is 2090. The van der Waals surface area contributed by atoms with Gasteiger partial charge in [0.1, 0.15) is 11.5 Å². The van der Waals surface area contributed by atoms with E-state index in [1.165, 1.54) is 10.9 Å². The maximum Gasteiger partial charge on any atom is 0.416 e. The number of piperidine rings is 1. The lowest BCUT2D eigenvalue weighted by atomic mass is 9.96. The summed E-state index contributed by atoms with van der Waals surface area (Å²) in [5.74, 6) is 0.696. The van der Waals surface area contributed by atoms with E-state index >= 15 is 0 Å². The zero-order valence-corrected chi connectivity index (χ0v) is 29.4. The molecule has 1 amide bonds. The van der Waals surface area contributed by atoms with Gasteiger partial charge in [-0.2, -0.15) is 40.9 Å². The van der Waals surface area contributed by atoms with E-state index in [1.54, 1.807) is 25.7 Å². The van der Waals surface area contributed by atoms with Crippen LogP contribution in [0.25, 0.3) is 0 Å². The van der Waals surface area contributed by atoms with Crippen molar-refractivity contribution in [1.82, 2.24) is 55.5 Å². The first kappa shape index (κ1) is 40.0. The van der Waals surface area contributed by atoms with E-state index in [1.807, 2.05) is 0 Å². The number of carboxylic acids is 1. The molecule has 294 valence electrons. The maximum absolute atomic E-state index is 13.2. The van der Waals surface area contributed by atoms with Crippen LogP contribution in [0.5, 0.6) is 11.5 Å². The van der Waals surface area contributed by atoms with E-state index in [4.69, 9.17) is 19.1 Å². The predicted molar refractivity (Wildman–Crippen MR) is 172 cm³/mol. The summed E-state index contributed by atoms with van der Waals surface area (Å²) in [6.45, 7) is 4.76. The number of aliphatic carboxylic acids is 1. The summed E-state index contributed by atoms with van der Waals surface area (Å²) in [6.07, 6.45) is -7.66. The zero-order valence-electron chi connectivity index (χ0n) is 29.4. The van der Waals surface area contributed by atoms with E-state index in [-0.39, 0.29) is 54.1 Å². The SMILES string of the molecule is Cc1nnn(Cc2cc(C(F)(F)F)ccc2OCC(=O)N2CCC(c3noc(C)n3)CC2)n1.Cc1nnn(Cc2cc(C(F)(F)F)ccc2OCC(=O)O)n1. The smallest absolute Gasteiger partial charge is 0.416 e. The van der Waals surface area contributed by atoms with Gasteiger partial charge in [-0.15, -0.1) is 20.4 Å². The topological polar surface area (TPSA) is 202 Å². The van der Waals surface area contributed by atoms with E-state index in [0.717, 1.165) is 35.1 Å². The first-order valence-electron chi connectivity index (χ1n) is 16.4. The molecule has 0 spiro atoms. The van der Waals surface area contributed by atoms with Crippen molar-refractivity contribution < 1.29 is 55.0 Å². The van der Waals surface area contributed by atoms with Crippen molar-refractivity contribution in [3.8, 4) is 11.5 Å². The number of benzene rings is 2. The van der Waals surface area contributed by atoms with Gasteiger partial charge in [-0.3, -0.25) is 4.79 Å². The van der Waals surface area contributed by atoms with Crippen LogP contribution in [-0.2, 0) is 35.0 Å². The van der Waals surface area contributed by atoms with Gasteiger partial charge in [0, 0.05) is 37.1 Å². The highest BCUT2D eigenvalue weighted by Crippen LogP contribution is 2.34. The molecule has 2 aromatic carbocycles. The largest absolute Gasteiger partial charge is 0.483 e. The zero-order chi connectivity index (χ0) is 39.9. The third-order valence-electron chi connectivity index (χ3n) is 7.96. The highest BCUT2D eigenvalue weighted by molar-refractivity contribution is 5.78. The van der Waals surface area contributed by atoms with Crippen LogP contribution in [0.15, 0.2) is 40.9 Å². The normalized spacial score (nSPS) is 13.7. The molecule has 55 heavy (non-hydrogen) atoms. The molecule has 17 nitrogen and oxygen atoms in total. The fourth-order valence-corrected chi connectivity index (χ4v) is 5.36. The number of hydrogen-bond acceptors (Lipinski definition) is 13. The molecule has 0 radical (unpaired) electrons. The van der Waals surface area contributed by atoms with Gasteiger partial charge in [0.25, 0.3) is 5.91 Å². The Balaban J connectivity index is 0.000000229. The predicted octanol–water partition coefficient (Wildman–Crippen LogP) is 4.04. The Morgan fingerprint density at radius 3 is 1.69 bits per heavy atom. The molecule has 6 rings (SSSR count). The van der Waals surface area contributed by atoms with E-state index < -0.39 is 36.1 Å². The van der Waals surface area contributed by atoms with Crippen molar-refractivity contribution >= 4 is 11.9 Å². The van der Waals surface area contributed by atoms with Crippen LogP contribution in [0.1, 0.15) is 64.4 Å². The Labute approximate surface area is 307 Å². The van der Waals surface area contributed by atoms with Gasteiger partial charge >= 0.3 is 18.3 Å². The number of amides is 1. The molecule has 0 bridgehead atoms. The van der Waals surface area contributed by atoms with Gasteiger partial charge in [-0.1, -0.05) is 5.16 Å². The monoisotopic (exact) mass is 781 g/mol. The summed E-state index contributed by atoms with van der Waals surface area (Å²) in [6, 6.07) is 5.86. The summed E-state index contributed by atoms with van der Waals surface area (Å²) in [7, 11) is 0. The number of ether oxygens (including phenoxy) is 2. The fourth-order valence-electron chi connectivity index (χ4n) is 5.36. The number of carbonyl (C=O) groups is 2. The standard InChI is InChI=1S/C20H22F3N7O3.C12H11F3N4O3/c1-12-25-28-30(26-12)10-15-9-16(20(21,22)23)3-4-17(15)32-11-18(31)29-7-5-14(6-8-29)19-24-13(2)33-27-19;1-7-16-18-19(17-7)5-8-4-9(12(13,14)15)2-3-10(8)22-6-11(20)21/h3-4,9,14H,5-8,10-11H2,1-2H3;2-4H,5-6H2,1H3,(H,20,21). The van der Waals surface area contributed by atoms with Crippen LogP contribution in [0.4, 0.5) is 26.3 Å². The van der Waals surface area contributed by atoms with Crippen LogP contribution in [0.3, 0.4) is 0 Å². The van der Waals surface area contributed by atoms with Gasteiger partial charge < -0.3 is 24.0 Å². The Hall–Kier alpha value is -6.16. The molecule has 3 aromatic heterocycles. The first-order valence-corrected chi connectivity index (χ1v) is 16.4. The number of likely N-dealkylation sites (tertiary alicyclic amines) is 1. The van der Waals surface area contributed by atoms with Crippen LogP contribution in [-0.4, -0.2) is 98.7 Å². The van der Waals surface area contributed by atoms with Gasteiger partial charge in [-0.05, 0) is 73.5 Å². The summed E-state index contributed by atoms with van der Waals surface area (Å²) in [4.78, 5) is 31.4. The lowest BCUT2D eigenvalue weighted by Gasteiger charge is -2.30. The summed E-state index contributed by atoms with van der Waals surface area (Å²) in [5.41, 5.74) is -1.40. The molecule has 0 saturated carbocycles. The maximum atomic E-state index is 13.2. The molecule has 1 saturated heterocycles. The summed E-state index contributed by atoms with van der Waals surface area (Å²) in [5, 5.41) is 35.2. The third kappa shape index (κ3) is 11.2. The fraction of sp³-hybridized carbons (Fsp3) is 0.438. The second-order valence-electron chi connectivity index (χ2n) is 12.2. The van der Waals surface area contributed by atoms with Gasteiger partial charge in [-0.25, -0.2) is 4.79 Å². The van der Waals surface area contributed by atoms with Gasteiger partial charge in [0.15, 0.2) is 30.7 Å². The molecule has 0 atom stereocenters. The number of carboxylic acid groups (broad SMARTS) is 1. The van der Waals surface area contributed by atoms with Crippen LogP contribution >= 0.6 is 0 Å². The molecular formula is C32H33F6N11O6. The summed E-state index contributed by atoms with van der Waals surface area (Å²) < 4.78 is 93.5.